The molecule has 0 aromatic carbocycles. The summed E-state index contributed by atoms with van der Waals surface area (Å²) in [5.41, 5.74) is 0.263. The van der Waals surface area contributed by atoms with Crippen molar-refractivity contribution in [3.63, 3.8) is 0 Å². The molecule has 0 saturated heterocycles. The van der Waals surface area contributed by atoms with Crippen LogP contribution in [-0.4, -0.2) is 14.9 Å². The van der Waals surface area contributed by atoms with Gasteiger partial charge in [0.05, 0.1) is 16.4 Å². The Morgan fingerprint density at radius 3 is 2.83 bits per heavy atom. The van der Waals surface area contributed by atoms with Gasteiger partial charge in [-0.05, 0) is 53.4 Å². The molecule has 0 bridgehead atoms. The molecule has 1 N–H and O–H groups in total. The summed E-state index contributed by atoms with van der Waals surface area (Å²) in [6, 6.07) is 0. The monoisotopic (exact) mass is 314 g/mol. The van der Waals surface area contributed by atoms with Gasteiger partial charge in [-0.15, -0.1) is 0 Å². The molecule has 1 aromatic rings. The van der Waals surface area contributed by atoms with Crippen LogP contribution in [0.2, 0.25) is 0 Å². The second-order valence-corrected chi connectivity index (χ2v) is 6.65. The number of hydrogen-bond donors (Lipinski definition) is 1. The molecule has 0 spiro atoms. The number of aryl methyl sites for hydroxylation is 1. The van der Waals surface area contributed by atoms with Gasteiger partial charge in [0, 0.05) is 6.54 Å². The van der Waals surface area contributed by atoms with Crippen LogP contribution in [0.15, 0.2) is 10.7 Å². The summed E-state index contributed by atoms with van der Waals surface area (Å²) in [6.07, 6.45) is 5.60. The average molecular weight is 315 g/mol. The van der Waals surface area contributed by atoms with Crippen molar-refractivity contribution >= 4 is 15.9 Å². The van der Waals surface area contributed by atoms with Gasteiger partial charge in [0.1, 0.15) is 5.60 Å². The van der Waals surface area contributed by atoms with Gasteiger partial charge in [0.15, 0.2) is 0 Å². The Morgan fingerprint density at radius 1 is 1.50 bits per heavy atom. The number of aliphatic hydroxyl groups is 1. The molecule has 1 aliphatic rings. The zero-order valence-corrected chi connectivity index (χ0v) is 13.1. The largest absolute Gasteiger partial charge is 0.384 e. The zero-order valence-electron chi connectivity index (χ0n) is 11.5. The molecule has 3 nitrogen and oxygen atoms in total. The number of hydrogen-bond acceptors (Lipinski definition) is 2. The molecular formula is C14H23BrN2O. The number of nitrogens with zero attached hydrogens (tertiary/aromatic N) is 2. The topological polar surface area (TPSA) is 38.0 Å². The minimum absolute atomic E-state index is 0.556. The van der Waals surface area contributed by atoms with E-state index in [-0.39, 0.29) is 0 Å². The van der Waals surface area contributed by atoms with Crippen LogP contribution in [0.5, 0.6) is 0 Å². The van der Waals surface area contributed by atoms with E-state index in [4.69, 9.17) is 0 Å². The van der Waals surface area contributed by atoms with Crippen molar-refractivity contribution in [2.45, 2.75) is 58.6 Å². The lowest BCUT2D eigenvalue weighted by atomic mass is 9.72. The van der Waals surface area contributed by atoms with Crippen molar-refractivity contribution in [1.29, 1.82) is 0 Å². The first-order chi connectivity index (χ1) is 8.48. The van der Waals surface area contributed by atoms with E-state index >= 15 is 0 Å². The van der Waals surface area contributed by atoms with E-state index < -0.39 is 5.60 Å². The molecule has 1 aliphatic carbocycles. The number of halogens is 1. The van der Waals surface area contributed by atoms with Crippen LogP contribution < -0.4 is 0 Å². The van der Waals surface area contributed by atoms with Crippen LogP contribution in [0.25, 0.3) is 0 Å². The normalized spacial score (nSPS) is 32.7. The molecule has 4 heteroatoms. The van der Waals surface area contributed by atoms with Crippen molar-refractivity contribution in [1.82, 2.24) is 9.78 Å². The Bertz CT molecular complexity index is 418. The summed E-state index contributed by atoms with van der Waals surface area (Å²) >= 11 is 3.55. The molecule has 18 heavy (non-hydrogen) atoms. The second kappa shape index (κ2) is 5.33. The van der Waals surface area contributed by atoms with Crippen LogP contribution in [0.4, 0.5) is 0 Å². The Balaban J connectivity index is 2.32. The molecule has 3 unspecified atom stereocenters. The van der Waals surface area contributed by atoms with Crippen molar-refractivity contribution in [3.05, 3.63) is 16.4 Å². The third-order valence-corrected chi connectivity index (χ3v) is 4.90. The van der Waals surface area contributed by atoms with Crippen molar-refractivity contribution in [2.24, 2.45) is 11.8 Å². The first-order valence-corrected chi connectivity index (χ1v) is 7.71. The molecule has 0 amide bonds. The maximum Gasteiger partial charge on any atom is 0.108 e. The highest BCUT2D eigenvalue weighted by Crippen LogP contribution is 2.44. The average Bonchev–Trinajstić information content (AvgIpc) is 2.67. The predicted molar refractivity (Wildman–Crippen MR) is 76.3 cm³/mol. The summed E-state index contributed by atoms with van der Waals surface area (Å²) in [5, 5.41) is 15.4. The van der Waals surface area contributed by atoms with E-state index in [1.807, 2.05) is 10.9 Å². The van der Waals surface area contributed by atoms with E-state index in [0.29, 0.717) is 11.8 Å². The van der Waals surface area contributed by atoms with E-state index in [1.165, 1.54) is 0 Å². The lowest BCUT2D eigenvalue weighted by Gasteiger charge is -2.39. The third kappa shape index (κ3) is 2.50. The summed E-state index contributed by atoms with van der Waals surface area (Å²) < 4.78 is 2.91. The van der Waals surface area contributed by atoms with Crippen molar-refractivity contribution in [2.75, 3.05) is 0 Å². The van der Waals surface area contributed by atoms with E-state index in [9.17, 15) is 5.11 Å². The van der Waals surface area contributed by atoms with Gasteiger partial charge in [-0.1, -0.05) is 20.8 Å². The van der Waals surface area contributed by atoms with Crippen LogP contribution in [0.1, 0.15) is 52.1 Å². The van der Waals surface area contributed by atoms with Gasteiger partial charge in [-0.25, -0.2) is 0 Å². The minimum Gasteiger partial charge on any atom is -0.384 e. The Labute approximate surface area is 118 Å². The second-order valence-electron chi connectivity index (χ2n) is 5.79. The van der Waals surface area contributed by atoms with Gasteiger partial charge >= 0.3 is 0 Å². The fourth-order valence-electron chi connectivity index (χ4n) is 3.01. The molecule has 0 radical (unpaired) electrons. The molecule has 1 saturated carbocycles. The molecule has 2 rings (SSSR count). The quantitative estimate of drug-likeness (QED) is 0.923. The van der Waals surface area contributed by atoms with Crippen molar-refractivity contribution in [3.8, 4) is 0 Å². The molecule has 3 atom stereocenters. The van der Waals surface area contributed by atoms with Crippen molar-refractivity contribution < 1.29 is 5.11 Å². The van der Waals surface area contributed by atoms with Gasteiger partial charge in [0.25, 0.3) is 0 Å². The molecule has 1 fully saturated rings. The number of rotatable bonds is 3. The standard InChI is InChI=1S/C14H23BrN2O/c1-4-7-17-13(12(15)9-16-17)14(18)6-5-10(2)11(3)8-14/h9-11,18H,4-8H2,1-3H3. The van der Waals surface area contributed by atoms with Crippen LogP contribution in [0.3, 0.4) is 0 Å². The van der Waals surface area contributed by atoms with Crippen LogP contribution in [0, 0.1) is 11.8 Å². The highest BCUT2D eigenvalue weighted by atomic mass is 79.9. The maximum absolute atomic E-state index is 11.0. The van der Waals surface area contributed by atoms with Gasteiger partial charge in [0.2, 0.25) is 0 Å². The highest BCUT2D eigenvalue weighted by molar-refractivity contribution is 9.10. The first kappa shape index (κ1) is 14.1. The summed E-state index contributed by atoms with van der Waals surface area (Å²) in [6.45, 7) is 7.52. The summed E-state index contributed by atoms with van der Waals surface area (Å²) in [5.74, 6) is 1.26. The molecule has 1 aromatic heterocycles. The van der Waals surface area contributed by atoms with Gasteiger partial charge in [-0.3, -0.25) is 4.68 Å². The summed E-state index contributed by atoms with van der Waals surface area (Å²) in [4.78, 5) is 0. The zero-order chi connectivity index (χ0) is 13.3. The minimum atomic E-state index is -0.712. The SMILES string of the molecule is CCCn1ncc(Br)c1C1(O)CCC(C)C(C)C1. The lowest BCUT2D eigenvalue weighted by Crippen LogP contribution is -2.37. The predicted octanol–water partition coefficient (Wildman–Crippen LogP) is 3.70. The maximum atomic E-state index is 11.0. The van der Waals surface area contributed by atoms with Gasteiger partial charge in [-0.2, -0.15) is 5.10 Å². The van der Waals surface area contributed by atoms with Crippen LogP contribution >= 0.6 is 15.9 Å². The highest BCUT2D eigenvalue weighted by Gasteiger charge is 2.40. The van der Waals surface area contributed by atoms with Crippen LogP contribution in [-0.2, 0) is 12.1 Å². The summed E-state index contributed by atoms with van der Waals surface area (Å²) in [7, 11) is 0. The van der Waals surface area contributed by atoms with E-state index in [1.54, 1.807) is 0 Å². The Kier molecular flexibility index (Phi) is 4.17. The van der Waals surface area contributed by atoms with Gasteiger partial charge < -0.3 is 5.11 Å². The lowest BCUT2D eigenvalue weighted by molar-refractivity contribution is -0.0411. The molecular weight excluding hydrogens is 292 g/mol. The molecule has 0 aliphatic heterocycles. The molecule has 1 heterocycles. The third-order valence-electron chi connectivity index (χ3n) is 4.32. The van der Waals surface area contributed by atoms with E-state index in [0.717, 1.165) is 42.4 Å². The van der Waals surface area contributed by atoms with E-state index in [2.05, 4.69) is 41.8 Å². The fraction of sp³-hybridized carbons (Fsp3) is 0.786. The molecule has 102 valence electrons. The Hall–Kier alpha value is -0.350. The Morgan fingerprint density at radius 2 is 2.22 bits per heavy atom. The fourth-order valence-corrected chi connectivity index (χ4v) is 3.67. The number of aromatic nitrogens is 2. The first-order valence-electron chi connectivity index (χ1n) is 6.92. The smallest absolute Gasteiger partial charge is 0.108 e.